The van der Waals surface area contributed by atoms with Gasteiger partial charge in [-0.2, -0.15) is 0 Å². The molecule has 0 heterocycles. The van der Waals surface area contributed by atoms with Crippen LogP contribution in [-0.2, 0) is 17.9 Å². The van der Waals surface area contributed by atoms with E-state index in [1.165, 1.54) is 6.92 Å². The smallest absolute Gasteiger partial charge is 0.323 e. The molecular formula is C30H35NO8. The van der Waals surface area contributed by atoms with Gasteiger partial charge in [-0.1, -0.05) is 42.5 Å². The fraction of sp³-hybridized carbons (Fsp3) is 0.300. The van der Waals surface area contributed by atoms with Crippen molar-refractivity contribution in [1.29, 1.82) is 0 Å². The summed E-state index contributed by atoms with van der Waals surface area (Å²) in [5, 5.41) is 21.7. The summed E-state index contributed by atoms with van der Waals surface area (Å²) in [4.78, 5) is 11.2. The number of aliphatic hydroxyl groups is 1. The van der Waals surface area contributed by atoms with E-state index in [1.807, 2.05) is 66.7 Å². The van der Waals surface area contributed by atoms with Gasteiger partial charge in [-0.3, -0.25) is 10.1 Å². The van der Waals surface area contributed by atoms with Gasteiger partial charge in [0, 0.05) is 6.54 Å². The van der Waals surface area contributed by atoms with Gasteiger partial charge in [-0.25, -0.2) is 0 Å². The molecule has 0 saturated carbocycles. The first-order valence-electron chi connectivity index (χ1n) is 12.3. The first-order valence-corrected chi connectivity index (χ1v) is 12.3. The number of aliphatic carboxylic acids is 1. The molecule has 3 aromatic carbocycles. The number of methoxy groups -OCH3 is 4. The molecule has 3 N–H and O–H groups in total. The molecule has 0 amide bonds. The normalized spacial score (nSPS) is 12.6. The van der Waals surface area contributed by atoms with E-state index in [-0.39, 0.29) is 0 Å². The molecular weight excluding hydrogens is 502 g/mol. The monoisotopic (exact) mass is 537 g/mol. The minimum atomic E-state index is -1.09. The van der Waals surface area contributed by atoms with Crippen molar-refractivity contribution in [3.63, 3.8) is 0 Å². The van der Waals surface area contributed by atoms with E-state index in [2.05, 4.69) is 5.32 Å². The number of benzene rings is 3. The molecule has 0 unspecified atom stereocenters. The Morgan fingerprint density at radius 2 is 1.36 bits per heavy atom. The highest BCUT2D eigenvalue weighted by atomic mass is 16.5. The van der Waals surface area contributed by atoms with E-state index >= 15 is 0 Å². The molecule has 0 aliphatic rings. The third-order valence-corrected chi connectivity index (χ3v) is 6.03. The molecule has 0 aromatic heterocycles. The molecule has 0 aliphatic heterocycles. The van der Waals surface area contributed by atoms with Crippen LogP contribution in [0.4, 0.5) is 0 Å². The van der Waals surface area contributed by atoms with Crippen LogP contribution in [0.1, 0.15) is 29.2 Å². The number of rotatable bonds is 14. The predicted molar refractivity (Wildman–Crippen MR) is 149 cm³/mol. The van der Waals surface area contributed by atoms with Crippen molar-refractivity contribution in [1.82, 2.24) is 5.32 Å². The van der Waals surface area contributed by atoms with Crippen LogP contribution in [0.5, 0.6) is 28.7 Å². The summed E-state index contributed by atoms with van der Waals surface area (Å²) < 4.78 is 27.8. The zero-order valence-corrected chi connectivity index (χ0v) is 22.8. The number of hydrogen-bond acceptors (Lipinski definition) is 8. The van der Waals surface area contributed by atoms with Gasteiger partial charge in [0.1, 0.15) is 12.6 Å². The van der Waals surface area contributed by atoms with Crippen LogP contribution in [-0.4, -0.2) is 56.8 Å². The first kappa shape index (κ1) is 29.3. The maximum absolute atomic E-state index is 11.2. The van der Waals surface area contributed by atoms with E-state index in [1.54, 1.807) is 28.4 Å². The second kappa shape index (κ2) is 14.1. The molecule has 3 rings (SSSR count). The summed E-state index contributed by atoms with van der Waals surface area (Å²) in [6.45, 7) is 2.07. The van der Waals surface area contributed by atoms with Gasteiger partial charge in [-0.15, -0.1) is 0 Å². The number of ether oxygens (including phenoxy) is 5. The van der Waals surface area contributed by atoms with E-state index in [0.29, 0.717) is 41.9 Å². The number of carboxylic acids is 1. The molecule has 0 fully saturated rings. The molecule has 0 radical (unpaired) electrons. The molecule has 9 nitrogen and oxygen atoms in total. The van der Waals surface area contributed by atoms with Gasteiger partial charge in [0.05, 0.1) is 34.5 Å². The van der Waals surface area contributed by atoms with Gasteiger partial charge < -0.3 is 33.9 Å². The van der Waals surface area contributed by atoms with Crippen LogP contribution in [0.15, 0.2) is 54.6 Å². The molecule has 9 heteroatoms. The van der Waals surface area contributed by atoms with Crippen molar-refractivity contribution < 1.29 is 38.7 Å². The molecule has 3 aromatic rings. The fourth-order valence-corrected chi connectivity index (χ4v) is 3.91. The SMILES string of the molecule is COc1ccc(/C=C\c2cc(OC)c(OC)c(OC)c2)cc1OCc1ccc(CN[C@H](C(=O)O)[C@@H](C)O)cc1. The summed E-state index contributed by atoms with van der Waals surface area (Å²) in [5.74, 6) is 1.79. The predicted octanol–water partition coefficient (Wildman–Crippen LogP) is 4.39. The molecule has 0 bridgehead atoms. The highest BCUT2D eigenvalue weighted by molar-refractivity contribution is 5.74. The van der Waals surface area contributed by atoms with E-state index in [9.17, 15) is 15.0 Å². The Hall–Kier alpha value is -4.21. The standard InChI is InChI=1S/C30H35NO8/c1-19(32)28(30(33)34)31-17-21-7-9-22(10-8-21)18-39-25-14-20(12-13-24(25)35-2)6-11-23-15-26(36-3)29(38-5)27(16-23)37-4/h6-16,19,28,31-32H,17-18H2,1-5H3,(H,33,34)/b11-6-/t19-,28+/m1/s1. The minimum absolute atomic E-state index is 0.315. The lowest BCUT2D eigenvalue weighted by atomic mass is 10.1. The third-order valence-electron chi connectivity index (χ3n) is 6.03. The molecule has 208 valence electrons. The summed E-state index contributed by atoms with van der Waals surface area (Å²) in [5.41, 5.74) is 3.61. The van der Waals surface area contributed by atoms with Crippen LogP contribution in [0.3, 0.4) is 0 Å². The fourth-order valence-electron chi connectivity index (χ4n) is 3.91. The van der Waals surface area contributed by atoms with Crippen molar-refractivity contribution in [2.45, 2.75) is 32.2 Å². The average Bonchev–Trinajstić information content (AvgIpc) is 2.94. The zero-order valence-electron chi connectivity index (χ0n) is 22.8. The van der Waals surface area contributed by atoms with Gasteiger partial charge >= 0.3 is 5.97 Å². The van der Waals surface area contributed by atoms with Crippen LogP contribution in [0.2, 0.25) is 0 Å². The summed E-state index contributed by atoms with van der Waals surface area (Å²) in [6.07, 6.45) is 2.89. The van der Waals surface area contributed by atoms with Crippen LogP contribution >= 0.6 is 0 Å². The van der Waals surface area contributed by atoms with Gasteiger partial charge in [-0.05, 0) is 53.4 Å². The molecule has 0 spiro atoms. The Kier molecular flexibility index (Phi) is 10.6. The van der Waals surface area contributed by atoms with Gasteiger partial charge in [0.2, 0.25) is 5.75 Å². The Bertz CT molecular complexity index is 1250. The first-order chi connectivity index (χ1) is 18.8. The maximum atomic E-state index is 11.2. The van der Waals surface area contributed by atoms with Gasteiger partial charge in [0.25, 0.3) is 0 Å². The average molecular weight is 538 g/mol. The second-order valence-corrected chi connectivity index (χ2v) is 8.74. The molecule has 2 atom stereocenters. The van der Waals surface area contributed by atoms with Crippen molar-refractivity contribution >= 4 is 18.1 Å². The number of aliphatic hydroxyl groups excluding tert-OH is 1. The molecule has 39 heavy (non-hydrogen) atoms. The quantitative estimate of drug-likeness (QED) is 0.258. The Balaban J connectivity index is 1.69. The number of carboxylic acid groups (broad SMARTS) is 1. The number of hydrogen-bond donors (Lipinski definition) is 3. The van der Waals surface area contributed by atoms with Crippen molar-refractivity contribution in [2.24, 2.45) is 0 Å². The minimum Gasteiger partial charge on any atom is -0.493 e. The Morgan fingerprint density at radius 3 is 1.90 bits per heavy atom. The van der Waals surface area contributed by atoms with Gasteiger partial charge in [0.15, 0.2) is 23.0 Å². The summed E-state index contributed by atoms with van der Waals surface area (Å²) >= 11 is 0. The van der Waals surface area contributed by atoms with Crippen LogP contribution < -0.4 is 29.0 Å². The lowest BCUT2D eigenvalue weighted by Gasteiger charge is -2.17. The lowest BCUT2D eigenvalue weighted by molar-refractivity contribution is -0.142. The van der Waals surface area contributed by atoms with Crippen molar-refractivity contribution in [2.75, 3.05) is 28.4 Å². The number of nitrogens with one attached hydrogen (secondary N) is 1. The second-order valence-electron chi connectivity index (χ2n) is 8.74. The maximum Gasteiger partial charge on any atom is 0.323 e. The molecule has 0 saturated heterocycles. The summed E-state index contributed by atoms with van der Waals surface area (Å²) in [7, 11) is 6.31. The van der Waals surface area contributed by atoms with Crippen molar-refractivity contribution in [3.8, 4) is 28.7 Å². The number of carbonyl (C=O) groups is 1. The highest BCUT2D eigenvalue weighted by Gasteiger charge is 2.22. The Morgan fingerprint density at radius 1 is 0.795 bits per heavy atom. The zero-order chi connectivity index (χ0) is 28.4. The van der Waals surface area contributed by atoms with E-state index in [4.69, 9.17) is 23.7 Å². The Labute approximate surface area is 228 Å². The lowest BCUT2D eigenvalue weighted by Crippen LogP contribution is -2.44. The molecule has 0 aliphatic carbocycles. The van der Waals surface area contributed by atoms with Crippen LogP contribution in [0, 0.1) is 0 Å². The third kappa shape index (κ3) is 7.89. The highest BCUT2D eigenvalue weighted by Crippen LogP contribution is 2.38. The topological polar surface area (TPSA) is 116 Å². The van der Waals surface area contributed by atoms with E-state index in [0.717, 1.165) is 22.3 Å². The van der Waals surface area contributed by atoms with E-state index < -0.39 is 18.1 Å². The van der Waals surface area contributed by atoms with Crippen molar-refractivity contribution in [3.05, 3.63) is 76.9 Å². The van der Waals surface area contributed by atoms with Crippen LogP contribution in [0.25, 0.3) is 12.2 Å². The summed E-state index contributed by atoms with van der Waals surface area (Å²) in [6, 6.07) is 16.0. The largest absolute Gasteiger partial charge is 0.493 e.